The van der Waals surface area contributed by atoms with Crippen molar-refractivity contribution < 1.29 is 14.6 Å². The highest BCUT2D eigenvalue weighted by atomic mass is 16.7. The Bertz CT molecular complexity index is 170. The number of nitrogens with zero attached hydrogens (tertiary/aromatic N) is 1. The molecule has 4 nitrogen and oxygen atoms in total. The lowest BCUT2D eigenvalue weighted by Crippen LogP contribution is -2.28. The van der Waals surface area contributed by atoms with Gasteiger partial charge >= 0.3 is 5.97 Å². The highest BCUT2D eigenvalue weighted by Gasteiger charge is 2.21. The van der Waals surface area contributed by atoms with Crippen LogP contribution < -0.4 is 0 Å². The van der Waals surface area contributed by atoms with Gasteiger partial charge in [-0.1, -0.05) is 0 Å². The fourth-order valence-electron chi connectivity index (χ4n) is 0.873. The molecule has 0 amide bonds. The van der Waals surface area contributed by atoms with E-state index < -0.39 is 5.79 Å². The minimum absolute atomic E-state index is 0.339. The van der Waals surface area contributed by atoms with Crippen LogP contribution in [0.2, 0.25) is 0 Å². The van der Waals surface area contributed by atoms with Crippen molar-refractivity contribution in [1.82, 2.24) is 4.90 Å². The number of aliphatic hydroxyl groups is 1. The molecule has 0 aromatic rings. The fourth-order valence-corrected chi connectivity index (χ4v) is 0.873. The Hall–Kier alpha value is -0.610. The van der Waals surface area contributed by atoms with E-state index in [0.29, 0.717) is 6.42 Å². The third-order valence-corrected chi connectivity index (χ3v) is 1.54. The summed E-state index contributed by atoms with van der Waals surface area (Å²) < 4.78 is 4.71. The normalized spacial score (nSPS) is 17.6. The monoisotopic (exact) mass is 173 g/mol. The molecule has 0 atom stereocenters. The van der Waals surface area contributed by atoms with Crippen molar-refractivity contribution >= 4 is 5.97 Å². The summed E-state index contributed by atoms with van der Waals surface area (Å²) in [6.45, 7) is 5.80. The van der Waals surface area contributed by atoms with Crippen LogP contribution in [0.15, 0.2) is 0 Å². The van der Waals surface area contributed by atoms with Gasteiger partial charge < -0.3 is 14.7 Å². The van der Waals surface area contributed by atoms with E-state index >= 15 is 0 Å². The first-order valence-electron chi connectivity index (χ1n) is 4.14. The molecule has 0 radical (unpaired) electrons. The third-order valence-electron chi connectivity index (χ3n) is 1.54. The summed E-state index contributed by atoms with van der Waals surface area (Å²) in [7, 11) is 0. The van der Waals surface area contributed by atoms with E-state index in [0.717, 1.165) is 19.6 Å². The summed E-state index contributed by atoms with van der Waals surface area (Å²) in [6, 6.07) is 0. The second kappa shape index (κ2) is 3.41. The first kappa shape index (κ1) is 9.48. The van der Waals surface area contributed by atoms with Gasteiger partial charge in [-0.05, 0) is 0 Å². The molecular weight excluding hydrogens is 158 g/mol. The van der Waals surface area contributed by atoms with Gasteiger partial charge in [-0.2, -0.15) is 0 Å². The Labute approximate surface area is 72.1 Å². The van der Waals surface area contributed by atoms with Crippen molar-refractivity contribution in [2.45, 2.75) is 26.1 Å². The number of ether oxygens (including phenoxy) is 1. The Kier molecular flexibility index (Phi) is 2.69. The molecule has 0 spiro atoms. The molecule has 1 aliphatic heterocycles. The zero-order chi connectivity index (χ0) is 9.19. The number of hydrogen-bond donors (Lipinski definition) is 1. The van der Waals surface area contributed by atoms with Crippen LogP contribution in [0, 0.1) is 0 Å². The molecule has 0 unspecified atom stereocenters. The lowest BCUT2D eigenvalue weighted by Gasteiger charge is -2.17. The maximum atomic E-state index is 11.0. The van der Waals surface area contributed by atoms with E-state index in [4.69, 9.17) is 9.84 Å². The number of esters is 1. The summed E-state index contributed by atoms with van der Waals surface area (Å²) in [5.41, 5.74) is 0. The lowest BCUT2D eigenvalue weighted by molar-refractivity contribution is -0.194. The van der Waals surface area contributed by atoms with Crippen molar-refractivity contribution in [3.8, 4) is 0 Å². The third kappa shape index (κ3) is 4.31. The predicted octanol–water partition coefficient (Wildman–Crippen LogP) is -0.0363. The molecule has 0 aliphatic carbocycles. The maximum absolute atomic E-state index is 11.0. The van der Waals surface area contributed by atoms with Crippen LogP contribution in [0.25, 0.3) is 0 Å². The van der Waals surface area contributed by atoms with Gasteiger partial charge in [0.1, 0.15) is 0 Å². The second-order valence-electron chi connectivity index (χ2n) is 3.51. The largest absolute Gasteiger partial charge is 0.434 e. The highest BCUT2D eigenvalue weighted by molar-refractivity contribution is 5.69. The molecule has 1 rings (SSSR count). The quantitative estimate of drug-likeness (QED) is 0.368. The maximum Gasteiger partial charge on any atom is 0.309 e. The minimum atomic E-state index is -1.34. The first-order valence-corrected chi connectivity index (χ1v) is 4.14. The van der Waals surface area contributed by atoms with Gasteiger partial charge in [0.25, 0.3) is 0 Å². The lowest BCUT2D eigenvalue weighted by atomic mass is 10.3. The molecule has 1 fully saturated rings. The van der Waals surface area contributed by atoms with Crippen LogP contribution in [0.3, 0.4) is 0 Å². The molecular formula is C8H15NO3. The Morgan fingerprint density at radius 1 is 1.58 bits per heavy atom. The molecule has 4 heteroatoms. The van der Waals surface area contributed by atoms with Gasteiger partial charge in [0, 0.05) is 33.5 Å². The average molecular weight is 173 g/mol. The number of carbonyl (C=O) groups excluding carboxylic acids is 1. The molecule has 1 heterocycles. The van der Waals surface area contributed by atoms with Crippen LogP contribution in [0.4, 0.5) is 0 Å². The van der Waals surface area contributed by atoms with Gasteiger partial charge in [0.2, 0.25) is 5.79 Å². The molecule has 0 saturated carbocycles. The molecule has 1 aliphatic rings. The fraction of sp³-hybridized carbons (Fsp3) is 0.875. The van der Waals surface area contributed by atoms with Crippen molar-refractivity contribution in [3.05, 3.63) is 0 Å². The predicted molar refractivity (Wildman–Crippen MR) is 43.4 cm³/mol. The molecule has 70 valence electrons. The van der Waals surface area contributed by atoms with Crippen LogP contribution in [-0.2, 0) is 9.53 Å². The summed E-state index contributed by atoms with van der Waals surface area (Å²) in [6.07, 6.45) is 0.365. The van der Waals surface area contributed by atoms with E-state index in [2.05, 4.69) is 4.90 Å². The van der Waals surface area contributed by atoms with Gasteiger partial charge in [-0.3, -0.25) is 4.79 Å². The molecule has 0 aromatic heterocycles. The van der Waals surface area contributed by atoms with Gasteiger partial charge in [-0.25, -0.2) is 0 Å². The topological polar surface area (TPSA) is 49.5 Å². The molecule has 12 heavy (non-hydrogen) atoms. The molecule has 0 aromatic carbocycles. The van der Waals surface area contributed by atoms with Crippen molar-refractivity contribution in [1.29, 1.82) is 0 Å². The number of carbonyl (C=O) groups is 1. The first-order chi connectivity index (χ1) is 5.47. The van der Waals surface area contributed by atoms with Crippen LogP contribution >= 0.6 is 0 Å². The van der Waals surface area contributed by atoms with Crippen molar-refractivity contribution in [3.63, 3.8) is 0 Å². The number of rotatable bonds is 4. The summed E-state index contributed by atoms with van der Waals surface area (Å²) in [4.78, 5) is 13.1. The van der Waals surface area contributed by atoms with Crippen LogP contribution in [0.5, 0.6) is 0 Å². The highest BCUT2D eigenvalue weighted by Crippen LogP contribution is 2.08. The van der Waals surface area contributed by atoms with Crippen LogP contribution in [-0.4, -0.2) is 41.4 Å². The average Bonchev–Trinajstić information content (AvgIpc) is 2.61. The van der Waals surface area contributed by atoms with Crippen molar-refractivity contribution in [2.75, 3.05) is 19.6 Å². The minimum Gasteiger partial charge on any atom is -0.434 e. The molecule has 1 N–H and O–H groups in total. The van der Waals surface area contributed by atoms with E-state index in [1.165, 1.54) is 13.8 Å². The zero-order valence-corrected chi connectivity index (χ0v) is 7.54. The van der Waals surface area contributed by atoms with Gasteiger partial charge in [-0.15, -0.1) is 0 Å². The van der Waals surface area contributed by atoms with Crippen molar-refractivity contribution in [2.24, 2.45) is 0 Å². The number of hydrogen-bond acceptors (Lipinski definition) is 4. The zero-order valence-electron chi connectivity index (χ0n) is 7.54. The Balaban J connectivity index is 2.10. The molecule has 1 saturated heterocycles. The SMILES string of the molecule is CC(C)(O)OC(=O)CCN1CC1. The van der Waals surface area contributed by atoms with E-state index in [1.54, 1.807) is 0 Å². The van der Waals surface area contributed by atoms with E-state index in [-0.39, 0.29) is 5.97 Å². The Morgan fingerprint density at radius 2 is 2.17 bits per heavy atom. The van der Waals surface area contributed by atoms with Crippen LogP contribution in [0.1, 0.15) is 20.3 Å². The smallest absolute Gasteiger partial charge is 0.309 e. The summed E-state index contributed by atoms with van der Waals surface area (Å²) in [5, 5.41) is 9.11. The summed E-state index contributed by atoms with van der Waals surface area (Å²) in [5.74, 6) is -1.68. The second-order valence-corrected chi connectivity index (χ2v) is 3.51. The standard InChI is InChI=1S/C8H15NO3/c1-8(2,11)12-7(10)3-4-9-5-6-9/h11H,3-6H2,1-2H3. The summed E-state index contributed by atoms with van der Waals surface area (Å²) >= 11 is 0. The van der Waals surface area contributed by atoms with Gasteiger partial charge in [0.05, 0.1) is 6.42 Å². The van der Waals surface area contributed by atoms with Gasteiger partial charge in [0.15, 0.2) is 0 Å². The molecule has 0 bridgehead atoms. The Morgan fingerprint density at radius 3 is 2.58 bits per heavy atom. The van der Waals surface area contributed by atoms with E-state index in [9.17, 15) is 4.79 Å². The van der Waals surface area contributed by atoms with E-state index in [1.807, 2.05) is 0 Å².